The number of nitrogens with zero attached hydrogens (tertiary/aromatic N) is 1. The predicted octanol–water partition coefficient (Wildman–Crippen LogP) is 2.39. The first kappa shape index (κ1) is 14.1. The molecule has 0 spiro atoms. The molecule has 5 heteroatoms. The Morgan fingerprint density at radius 3 is 2.68 bits per heavy atom. The second-order valence-electron chi connectivity index (χ2n) is 5.29. The Morgan fingerprint density at radius 1 is 1.32 bits per heavy atom. The minimum absolute atomic E-state index is 0.0929. The third kappa shape index (κ3) is 2.66. The van der Waals surface area contributed by atoms with Crippen molar-refractivity contribution in [1.29, 1.82) is 0 Å². The number of carbonyl (C=O) groups is 2. The minimum Gasteiger partial charge on any atom is -0.342 e. The topological polar surface area (TPSA) is 49.4 Å². The summed E-state index contributed by atoms with van der Waals surface area (Å²) in [7, 11) is 0. The second-order valence-corrected chi connectivity index (χ2v) is 6.08. The molecule has 0 atom stereocenters. The number of benzene rings is 1. The van der Waals surface area contributed by atoms with E-state index in [0.29, 0.717) is 13.0 Å². The van der Waals surface area contributed by atoms with E-state index in [9.17, 15) is 9.59 Å². The van der Waals surface area contributed by atoms with Crippen LogP contribution in [0.2, 0.25) is 0 Å². The lowest BCUT2D eigenvalue weighted by atomic mass is 10.0. The fourth-order valence-corrected chi connectivity index (χ4v) is 2.67. The van der Waals surface area contributed by atoms with E-state index in [0.717, 1.165) is 15.7 Å². The Hall–Kier alpha value is -1.36. The van der Waals surface area contributed by atoms with Crippen LogP contribution >= 0.6 is 15.9 Å². The zero-order valence-corrected chi connectivity index (χ0v) is 12.9. The van der Waals surface area contributed by atoms with E-state index in [4.69, 9.17) is 0 Å². The number of carbonyl (C=O) groups excluding carboxylic acids is 2. The van der Waals surface area contributed by atoms with E-state index in [1.165, 1.54) is 0 Å². The highest BCUT2D eigenvalue weighted by molar-refractivity contribution is 9.10. The number of hydrogen-bond acceptors (Lipinski definition) is 2. The van der Waals surface area contributed by atoms with Crippen molar-refractivity contribution in [2.75, 3.05) is 11.4 Å². The molecule has 0 bridgehead atoms. The van der Waals surface area contributed by atoms with Crippen LogP contribution in [-0.4, -0.2) is 23.9 Å². The van der Waals surface area contributed by atoms with Gasteiger partial charge in [-0.25, -0.2) is 0 Å². The van der Waals surface area contributed by atoms with Crippen LogP contribution in [0.5, 0.6) is 0 Å². The second kappa shape index (κ2) is 4.96. The first-order chi connectivity index (χ1) is 8.83. The molecular weight excluding hydrogens is 308 g/mol. The first-order valence-electron chi connectivity index (χ1n) is 6.21. The van der Waals surface area contributed by atoms with Gasteiger partial charge >= 0.3 is 0 Å². The Labute approximate surface area is 121 Å². The van der Waals surface area contributed by atoms with Crippen LogP contribution < -0.4 is 10.2 Å². The van der Waals surface area contributed by atoms with Crippen LogP contribution in [0.25, 0.3) is 0 Å². The van der Waals surface area contributed by atoms with Crippen molar-refractivity contribution in [3.05, 3.63) is 28.2 Å². The van der Waals surface area contributed by atoms with Gasteiger partial charge in [0.15, 0.2) is 0 Å². The van der Waals surface area contributed by atoms with Crippen molar-refractivity contribution in [3.63, 3.8) is 0 Å². The van der Waals surface area contributed by atoms with Crippen LogP contribution in [0.1, 0.15) is 25.8 Å². The molecule has 1 N–H and O–H groups in total. The van der Waals surface area contributed by atoms with E-state index in [-0.39, 0.29) is 11.8 Å². The maximum Gasteiger partial charge on any atom is 0.252 e. The summed E-state index contributed by atoms with van der Waals surface area (Å²) in [6.07, 6.45) is 0.315. The van der Waals surface area contributed by atoms with Gasteiger partial charge in [-0.2, -0.15) is 0 Å². The van der Waals surface area contributed by atoms with E-state index >= 15 is 0 Å². The maximum atomic E-state index is 12.6. The van der Waals surface area contributed by atoms with Crippen molar-refractivity contribution in [2.24, 2.45) is 0 Å². The molecule has 1 saturated heterocycles. The first-order valence-corrected chi connectivity index (χ1v) is 7.00. The van der Waals surface area contributed by atoms with Gasteiger partial charge in [-0.15, -0.1) is 0 Å². The number of amides is 2. The molecule has 102 valence electrons. The number of rotatable bonds is 1. The third-order valence-corrected chi connectivity index (χ3v) is 4.29. The molecular formula is C14H17BrN2O2. The molecule has 1 fully saturated rings. The monoisotopic (exact) mass is 324 g/mol. The summed E-state index contributed by atoms with van der Waals surface area (Å²) in [4.78, 5) is 25.9. The van der Waals surface area contributed by atoms with Crippen LogP contribution in [0, 0.1) is 6.92 Å². The quantitative estimate of drug-likeness (QED) is 0.862. The molecule has 0 radical (unpaired) electrons. The highest BCUT2D eigenvalue weighted by Gasteiger charge is 2.37. The van der Waals surface area contributed by atoms with Gasteiger partial charge in [0.25, 0.3) is 5.91 Å². The highest BCUT2D eigenvalue weighted by Crippen LogP contribution is 2.31. The van der Waals surface area contributed by atoms with Crippen LogP contribution in [0.15, 0.2) is 22.7 Å². The summed E-state index contributed by atoms with van der Waals surface area (Å²) in [6, 6.07) is 5.78. The van der Waals surface area contributed by atoms with Crippen molar-refractivity contribution < 1.29 is 9.59 Å². The average Bonchev–Trinajstić information content (AvgIpc) is 2.42. The van der Waals surface area contributed by atoms with Gasteiger partial charge < -0.3 is 10.2 Å². The van der Waals surface area contributed by atoms with Crippen LogP contribution in [-0.2, 0) is 9.59 Å². The minimum atomic E-state index is -0.878. The van der Waals surface area contributed by atoms with Crippen LogP contribution in [0.3, 0.4) is 0 Å². The van der Waals surface area contributed by atoms with E-state index < -0.39 is 5.54 Å². The highest BCUT2D eigenvalue weighted by atomic mass is 79.9. The molecule has 1 aliphatic rings. The van der Waals surface area contributed by atoms with Gasteiger partial charge in [-0.1, -0.05) is 12.1 Å². The molecule has 0 aliphatic carbocycles. The largest absolute Gasteiger partial charge is 0.342 e. The number of hydrogen-bond donors (Lipinski definition) is 1. The number of halogens is 1. The zero-order chi connectivity index (χ0) is 14.2. The molecule has 1 aromatic rings. The summed E-state index contributed by atoms with van der Waals surface area (Å²) in [5, 5.41) is 2.76. The predicted molar refractivity (Wildman–Crippen MR) is 78.1 cm³/mol. The molecule has 1 aromatic carbocycles. The Bertz CT molecular complexity index is 540. The summed E-state index contributed by atoms with van der Waals surface area (Å²) in [5.74, 6) is -0.186. The van der Waals surface area contributed by atoms with Gasteiger partial charge in [-0.05, 0) is 48.3 Å². The fourth-order valence-electron chi connectivity index (χ4n) is 2.19. The lowest BCUT2D eigenvalue weighted by Gasteiger charge is -2.29. The Morgan fingerprint density at radius 2 is 2.00 bits per heavy atom. The Balaban J connectivity index is 2.45. The van der Waals surface area contributed by atoms with Gasteiger partial charge in [0.1, 0.15) is 5.54 Å². The fraction of sp³-hybridized carbons (Fsp3) is 0.429. The third-order valence-electron chi connectivity index (χ3n) is 3.26. The normalized spacial score (nSPS) is 19.1. The van der Waals surface area contributed by atoms with Crippen molar-refractivity contribution in [1.82, 2.24) is 5.32 Å². The van der Waals surface area contributed by atoms with E-state index in [2.05, 4.69) is 21.2 Å². The van der Waals surface area contributed by atoms with Gasteiger partial charge in [0, 0.05) is 17.4 Å². The molecule has 2 rings (SSSR count). The zero-order valence-electron chi connectivity index (χ0n) is 11.3. The Kier molecular flexibility index (Phi) is 3.67. The molecule has 0 aromatic heterocycles. The number of anilines is 1. The van der Waals surface area contributed by atoms with Gasteiger partial charge in [0.05, 0.1) is 5.69 Å². The molecule has 1 heterocycles. The standard InChI is InChI=1S/C14H17BrN2O2/c1-9-5-4-6-10(12(9)15)17-8-7-11(18)16-14(2,3)13(17)19/h4-6H,7-8H2,1-3H3,(H,16,18). The molecule has 0 saturated carbocycles. The molecule has 19 heavy (non-hydrogen) atoms. The summed E-state index contributed by atoms with van der Waals surface area (Å²) < 4.78 is 0.897. The number of nitrogens with one attached hydrogen (secondary N) is 1. The van der Waals surface area contributed by atoms with E-state index in [1.54, 1.807) is 18.7 Å². The van der Waals surface area contributed by atoms with Crippen molar-refractivity contribution in [2.45, 2.75) is 32.7 Å². The SMILES string of the molecule is Cc1cccc(N2CCC(=O)NC(C)(C)C2=O)c1Br. The lowest BCUT2D eigenvalue weighted by Crippen LogP contribution is -2.53. The summed E-state index contributed by atoms with van der Waals surface area (Å²) >= 11 is 3.52. The van der Waals surface area contributed by atoms with Gasteiger partial charge in [-0.3, -0.25) is 9.59 Å². The van der Waals surface area contributed by atoms with Gasteiger partial charge in [0.2, 0.25) is 5.91 Å². The molecule has 0 unspecified atom stereocenters. The summed E-state index contributed by atoms with van der Waals surface area (Å²) in [5.41, 5.74) is 0.998. The molecule has 1 aliphatic heterocycles. The van der Waals surface area contributed by atoms with Crippen molar-refractivity contribution >= 4 is 33.4 Å². The lowest BCUT2D eigenvalue weighted by molar-refractivity contribution is -0.128. The summed E-state index contributed by atoms with van der Waals surface area (Å²) in [6.45, 7) is 5.84. The average molecular weight is 325 g/mol. The number of aryl methyl sites for hydroxylation is 1. The smallest absolute Gasteiger partial charge is 0.252 e. The van der Waals surface area contributed by atoms with Crippen LogP contribution in [0.4, 0.5) is 5.69 Å². The molecule has 2 amide bonds. The maximum absolute atomic E-state index is 12.6. The molecule has 4 nitrogen and oxygen atoms in total. The van der Waals surface area contributed by atoms with E-state index in [1.807, 2.05) is 25.1 Å². The van der Waals surface area contributed by atoms with Crippen molar-refractivity contribution in [3.8, 4) is 0 Å².